The maximum absolute atomic E-state index is 2.10. The first kappa shape index (κ1) is 12.7. The van der Waals surface area contributed by atoms with Gasteiger partial charge in [0.2, 0.25) is 0 Å². The number of halogens is 1. The Bertz CT molecular complexity index is 128. The Hall–Kier alpha value is 0.0900. The molecule has 0 atom stereocenters. The highest BCUT2D eigenvalue weighted by Gasteiger charge is 1.78. The second-order valence-electron chi connectivity index (χ2n) is 2.31. The van der Waals surface area contributed by atoms with Gasteiger partial charge in [0, 0.05) is 14.1 Å². The third kappa shape index (κ3) is 11.0. The third-order valence-electron chi connectivity index (χ3n) is 0.595. The van der Waals surface area contributed by atoms with E-state index in [2.05, 4.69) is 11.9 Å². The van der Waals surface area contributed by atoms with Gasteiger partial charge >= 0.3 is 0 Å². The average Bonchev–Trinajstić information content (AvgIpc) is 1.63. The highest BCUT2D eigenvalue weighted by Crippen LogP contribution is 1.84. The van der Waals surface area contributed by atoms with Crippen molar-refractivity contribution in [3.8, 4) is 0 Å². The van der Waals surface area contributed by atoms with Crippen molar-refractivity contribution in [2.24, 2.45) is 0 Å². The minimum Gasteiger partial charge on any atom is -1.00 e. The summed E-state index contributed by atoms with van der Waals surface area (Å²) in [6.45, 7) is 0. The Morgan fingerprint density at radius 3 is 2.10 bits per heavy atom. The molecular weight excluding hydrogens is 167 g/mol. The molecule has 0 rings (SSSR count). The fourth-order valence-electron chi connectivity index (χ4n) is 0.296. The fraction of sp³-hybridized carbons (Fsp3) is 0.667. The molecule has 4 heteroatoms. The van der Waals surface area contributed by atoms with Crippen molar-refractivity contribution in [1.29, 1.82) is 0 Å². The Morgan fingerprint density at radius 2 is 1.80 bits per heavy atom. The number of nitrogens with zero attached hydrogens (tertiary/aromatic N) is 2. The van der Waals surface area contributed by atoms with Crippen molar-refractivity contribution >= 4 is 20.1 Å². The van der Waals surface area contributed by atoms with Crippen molar-refractivity contribution in [2.75, 3.05) is 28.2 Å². The van der Waals surface area contributed by atoms with Crippen molar-refractivity contribution in [1.82, 2.24) is 4.90 Å². The van der Waals surface area contributed by atoms with Gasteiger partial charge in [-0.1, -0.05) is 0 Å². The highest BCUT2D eigenvalue weighted by atomic mass is 35.5. The zero-order chi connectivity index (χ0) is 7.28. The Morgan fingerprint density at radius 1 is 1.30 bits per heavy atom. The van der Waals surface area contributed by atoms with Crippen molar-refractivity contribution < 1.29 is 17.0 Å². The molecule has 0 aromatic rings. The SMILES string of the molecule is CN(C)C=PC=[N+](C)C.[Cl-]. The lowest BCUT2D eigenvalue weighted by Crippen LogP contribution is -3.00. The van der Waals surface area contributed by atoms with Crippen LogP contribution in [-0.2, 0) is 0 Å². The van der Waals surface area contributed by atoms with Crippen LogP contribution in [0.2, 0.25) is 0 Å². The number of rotatable bonds is 2. The van der Waals surface area contributed by atoms with E-state index in [1.54, 1.807) is 0 Å². The van der Waals surface area contributed by atoms with E-state index in [0.29, 0.717) is 0 Å². The second-order valence-corrected chi connectivity index (χ2v) is 3.07. The van der Waals surface area contributed by atoms with Crippen LogP contribution in [0.3, 0.4) is 0 Å². The van der Waals surface area contributed by atoms with Gasteiger partial charge in [-0.25, -0.2) is 4.58 Å². The normalized spacial score (nSPS) is 9.70. The molecule has 0 saturated heterocycles. The van der Waals surface area contributed by atoms with E-state index in [4.69, 9.17) is 0 Å². The summed E-state index contributed by atoms with van der Waals surface area (Å²) in [4.78, 5) is 2.04. The van der Waals surface area contributed by atoms with Crippen LogP contribution < -0.4 is 12.4 Å². The second kappa shape index (κ2) is 7.20. The summed E-state index contributed by atoms with van der Waals surface area (Å²) in [6, 6.07) is 0. The Labute approximate surface area is 70.8 Å². The molecule has 0 aliphatic heterocycles. The summed E-state index contributed by atoms with van der Waals surface area (Å²) in [5, 5.41) is 0. The first-order valence-corrected chi connectivity index (χ1v) is 3.85. The van der Waals surface area contributed by atoms with Gasteiger partial charge in [0.25, 0.3) is 0 Å². The summed E-state index contributed by atoms with van der Waals surface area (Å²) in [6.07, 6.45) is 0. The molecule has 0 aromatic carbocycles. The number of hydrogen-bond acceptors (Lipinski definition) is 0. The molecule has 0 spiro atoms. The first-order chi connectivity index (χ1) is 4.13. The van der Waals surface area contributed by atoms with E-state index >= 15 is 0 Å². The summed E-state index contributed by atoms with van der Waals surface area (Å²) >= 11 is 0. The molecule has 0 saturated carbocycles. The Kier molecular flexibility index (Phi) is 9.17. The molecule has 0 aliphatic rings. The van der Waals surface area contributed by atoms with Crippen LogP contribution in [0.25, 0.3) is 0 Å². The molecule has 0 amide bonds. The van der Waals surface area contributed by atoms with Gasteiger partial charge in [-0.2, -0.15) is 0 Å². The largest absolute Gasteiger partial charge is 1.00 e. The first-order valence-electron chi connectivity index (χ1n) is 2.82. The highest BCUT2D eigenvalue weighted by molar-refractivity contribution is 7.54. The predicted octanol–water partition coefficient (Wildman–Crippen LogP) is -2.44. The molecule has 0 fully saturated rings. The minimum absolute atomic E-state index is 0. The summed E-state index contributed by atoms with van der Waals surface area (Å²) < 4.78 is 2.04. The number of hydrogen-bond donors (Lipinski definition) is 0. The predicted molar refractivity (Wildman–Crippen MR) is 44.8 cm³/mol. The van der Waals surface area contributed by atoms with Crippen LogP contribution in [0.5, 0.6) is 0 Å². The van der Waals surface area contributed by atoms with Crippen LogP contribution in [0.4, 0.5) is 0 Å². The molecule has 0 radical (unpaired) electrons. The summed E-state index contributed by atoms with van der Waals surface area (Å²) in [5.41, 5.74) is 0. The molecular formula is C6H14ClN2P. The summed E-state index contributed by atoms with van der Waals surface area (Å²) in [7, 11) is 9.33. The van der Waals surface area contributed by atoms with Crippen LogP contribution in [0, 0.1) is 0 Å². The van der Waals surface area contributed by atoms with E-state index in [-0.39, 0.29) is 12.4 Å². The molecule has 10 heavy (non-hydrogen) atoms. The maximum Gasteiger partial charge on any atom is 0.189 e. The fourth-order valence-corrected chi connectivity index (χ4v) is 0.889. The van der Waals surface area contributed by atoms with Crippen LogP contribution in [0.15, 0.2) is 0 Å². The van der Waals surface area contributed by atoms with Crippen LogP contribution >= 0.6 is 8.20 Å². The zero-order valence-corrected chi connectivity index (χ0v) is 8.52. The maximum atomic E-state index is 2.10. The van der Waals surface area contributed by atoms with E-state index in [1.807, 2.05) is 37.7 Å². The van der Waals surface area contributed by atoms with Gasteiger partial charge in [0.15, 0.2) is 5.96 Å². The van der Waals surface area contributed by atoms with Gasteiger partial charge in [0.1, 0.15) is 14.1 Å². The van der Waals surface area contributed by atoms with Crippen molar-refractivity contribution in [2.45, 2.75) is 0 Å². The zero-order valence-electron chi connectivity index (χ0n) is 6.87. The van der Waals surface area contributed by atoms with Gasteiger partial charge in [0.05, 0.1) is 0 Å². The van der Waals surface area contributed by atoms with E-state index < -0.39 is 0 Å². The minimum atomic E-state index is 0. The van der Waals surface area contributed by atoms with Gasteiger partial charge in [-0.15, -0.1) is 0 Å². The lowest BCUT2D eigenvalue weighted by Gasteiger charge is -1.95. The molecule has 0 aromatic heterocycles. The van der Waals surface area contributed by atoms with Crippen LogP contribution in [0.1, 0.15) is 0 Å². The van der Waals surface area contributed by atoms with Gasteiger partial charge in [-0.3, -0.25) is 4.90 Å². The Balaban J connectivity index is 0. The quantitative estimate of drug-likeness (QED) is 0.260. The average molecular weight is 181 g/mol. The lowest BCUT2D eigenvalue weighted by atomic mass is 11.0. The smallest absolute Gasteiger partial charge is 0.189 e. The van der Waals surface area contributed by atoms with Crippen molar-refractivity contribution in [3.63, 3.8) is 0 Å². The molecule has 0 unspecified atom stereocenters. The molecule has 2 nitrogen and oxygen atoms in total. The lowest BCUT2D eigenvalue weighted by molar-refractivity contribution is -0.456. The monoisotopic (exact) mass is 180 g/mol. The van der Waals surface area contributed by atoms with Crippen molar-refractivity contribution in [3.05, 3.63) is 0 Å². The van der Waals surface area contributed by atoms with E-state index in [0.717, 1.165) is 0 Å². The van der Waals surface area contributed by atoms with E-state index in [1.165, 1.54) is 8.20 Å². The molecule has 0 bridgehead atoms. The third-order valence-corrected chi connectivity index (χ3v) is 1.79. The van der Waals surface area contributed by atoms with Gasteiger partial charge in [-0.05, 0) is 14.1 Å². The van der Waals surface area contributed by atoms with Gasteiger partial charge < -0.3 is 12.4 Å². The molecule has 0 N–H and O–H groups in total. The molecule has 0 aliphatic carbocycles. The molecule has 0 heterocycles. The van der Waals surface area contributed by atoms with E-state index in [9.17, 15) is 0 Å². The molecule has 60 valence electrons. The topological polar surface area (TPSA) is 6.25 Å². The van der Waals surface area contributed by atoms with Crippen LogP contribution in [-0.4, -0.2) is 49.5 Å². The standard InChI is InChI=1S/C6H14N2P.ClH/c1-7(2)5-9-6-8(3)4;/h5-6H,1-4H3;1H/q+1;/p-1. The summed E-state index contributed by atoms with van der Waals surface area (Å²) in [5.74, 6) is 4.19.